The summed E-state index contributed by atoms with van der Waals surface area (Å²) in [6, 6.07) is 0. The number of aliphatic hydroxyl groups is 2. The molecule has 0 bridgehead atoms. The fourth-order valence-corrected chi connectivity index (χ4v) is 2.85. The number of rotatable bonds is 4. The van der Waals surface area contributed by atoms with Gasteiger partial charge in [-0.1, -0.05) is 0 Å². The van der Waals surface area contributed by atoms with Crippen LogP contribution >= 0.6 is 0 Å². The lowest BCUT2D eigenvalue weighted by molar-refractivity contribution is -0.225. The van der Waals surface area contributed by atoms with Crippen molar-refractivity contribution in [1.82, 2.24) is 0 Å². The van der Waals surface area contributed by atoms with Crippen molar-refractivity contribution in [2.75, 3.05) is 12.9 Å². The van der Waals surface area contributed by atoms with Gasteiger partial charge in [0.1, 0.15) is 24.4 Å². The zero-order chi connectivity index (χ0) is 14.4. The predicted molar refractivity (Wildman–Crippen MR) is 61.5 cm³/mol. The van der Waals surface area contributed by atoms with Gasteiger partial charge in [0.15, 0.2) is 12.1 Å². The Morgan fingerprint density at radius 2 is 2.00 bits per heavy atom. The zero-order valence-electron chi connectivity index (χ0n) is 10.8. The Labute approximate surface area is 111 Å². The monoisotopic (exact) mass is 298 g/mol. The van der Waals surface area contributed by atoms with Crippen molar-refractivity contribution in [1.29, 1.82) is 0 Å². The van der Waals surface area contributed by atoms with E-state index in [0.29, 0.717) is 0 Å². The van der Waals surface area contributed by atoms with Crippen LogP contribution in [0, 0.1) is 0 Å². The molecule has 2 aliphatic heterocycles. The lowest BCUT2D eigenvalue weighted by atomic mass is 10.1. The Balaban J connectivity index is 2.21. The van der Waals surface area contributed by atoms with Crippen LogP contribution in [0.1, 0.15) is 13.8 Å². The highest BCUT2D eigenvalue weighted by molar-refractivity contribution is 7.86. The molecule has 2 aliphatic rings. The van der Waals surface area contributed by atoms with Crippen molar-refractivity contribution in [3.63, 3.8) is 0 Å². The van der Waals surface area contributed by atoms with E-state index in [2.05, 4.69) is 0 Å². The molecule has 0 aliphatic carbocycles. The van der Waals surface area contributed by atoms with E-state index < -0.39 is 53.2 Å². The molecule has 0 saturated carbocycles. The summed E-state index contributed by atoms with van der Waals surface area (Å²) in [6.45, 7) is 2.73. The average molecular weight is 298 g/mol. The Morgan fingerprint density at radius 3 is 2.53 bits per heavy atom. The van der Waals surface area contributed by atoms with Crippen molar-refractivity contribution in [2.24, 2.45) is 0 Å². The van der Waals surface area contributed by atoms with Gasteiger partial charge in [0.25, 0.3) is 10.1 Å². The van der Waals surface area contributed by atoms with Gasteiger partial charge < -0.3 is 24.4 Å². The summed E-state index contributed by atoms with van der Waals surface area (Å²) in [5, 5.41) is 18.6. The van der Waals surface area contributed by atoms with Crippen LogP contribution in [0.25, 0.3) is 0 Å². The summed E-state index contributed by atoms with van der Waals surface area (Å²) >= 11 is 0. The minimum atomic E-state index is -3.77. The molecule has 2 rings (SSSR count). The summed E-state index contributed by atoms with van der Waals surface area (Å²) in [5.74, 6) is -0.927. The topological polar surface area (TPSA) is 112 Å². The number of ether oxygens (including phenoxy) is 3. The maximum Gasteiger partial charge on any atom is 0.264 e. The van der Waals surface area contributed by atoms with Gasteiger partial charge in [-0.15, -0.1) is 0 Å². The van der Waals surface area contributed by atoms with E-state index in [-0.39, 0.29) is 0 Å². The van der Waals surface area contributed by atoms with Crippen molar-refractivity contribution in [2.45, 2.75) is 50.3 Å². The Hall–Kier alpha value is -0.290. The number of aliphatic hydroxyl groups excluding tert-OH is 2. The van der Waals surface area contributed by atoms with E-state index in [4.69, 9.17) is 23.5 Å². The molecule has 2 fully saturated rings. The fraction of sp³-hybridized carbons (Fsp3) is 1.00. The highest BCUT2D eigenvalue weighted by Crippen LogP contribution is 2.39. The van der Waals surface area contributed by atoms with Gasteiger partial charge in [-0.2, -0.15) is 8.42 Å². The van der Waals surface area contributed by atoms with Gasteiger partial charge in [0.05, 0.1) is 12.9 Å². The van der Waals surface area contributed by atoms with Gasteiger partial charge in [0.2, 0.25) is 0 Å². The van der Waals surface area contributed by atoms with Crippen LogP contribution < -0.4 is 0 Å². The Kier molecular flexibility index (Phi) is 3.91. The van der Waals surface area contributed by atoms with E-state index in [1.54, 1.807) is 13.8 Å². The molecule has 0 aromatic rings. The summed E-state index contributed by atoms with van der Waals surface area (Å²) in [7, 11) is -3.77. The van der Waals surface area contributed by atoms with Gasteiger partial charge in [-0.05, 0) is 13.8 Å². The summed E-state index contributed by atoms with van der Waals surface area (Å²) in [6.07, 6.45) is -4.12. The van der Waals surface area contributed by atoms with E-state index in [1.807, 2.05) is 0 Å². The highest BCUT2D eigenvalue weighted by atomic mass is 32.2. The number of hydrogen-bond donors (Lipinski definition) is 2. The van der Waals surface area contributed by atoms with Crippen LogP contribution in [0.2, 0.25) is 0 Å². The second-order valence-corrected chi connectivity index (χ2v) is 6.68. The third-order valence-corrected chi connectivity index (χ3v) is 3.45. The number of hydrogen-bond acceptors (Lipinski definition) is 8. The Bertz CT molecular complexity index is 433. The van der Waals surface area contributed by atoms with Crippen molar-refractivity contribution < 1.29 is 37.0 Å². The fourth-order valence-electron chi connectivity index (χ4n) is 2.23. The first kappa shape index (κ1) is 15.1. The average Bonchev–Trinajstić information content (AvgIpc) is 2.70. The lowest BCUT2D eigenvalue weighted by Gasteiger charge is -2.27. The molecule has 0 spiro atoms. The van der Waals surface area contributed by atoms with Gasteiger partial charge >= 0.3 is 0 Å². The first-order valence-electron chi connectivity index (χ1n) is 5.81. The van der Waals surface area contributed by atoms with Crippen LogP contribution in [0.3, 0.4) is 0 Å². The van der Waals surface area contributed by atoms with Crippen molar-refractivity contribution >= 4 is 10.1 Å². The molecule has 112 valence electrons. The van der Waals surface area contributed by atoms with Crippen LogP contribution in [0.5, 0.6) is 0 Å². The molecule has 2 N–H and O–H groups in total. The van der Waals surface area contributed by atoms with Crippen LogP contribution in [-0.4, -0.2) is 68.0 Å². The molecule has 0 aromatic heterocycles. The van der Waals surface area contributed by atoms with Crippen LogP contribution in [0.15, 0.2) is 0 Å². The minimum absolute atomic E-state index is 0.586. The third-order valence-electron chi connectivity index (χ3n) is 2.88. The quantitative estimate of drug-likeness (QED) is 0.607. The van der Waals surface area contributed by atoms with Crippen LogP contribution in [0.4, 0.5) is 0 Å². The molecule has 8 nitrogen and oxygen atoms in total. The van der Waals surface area contributed by atoms with Crippen molar-refractivity contribution in [3.8, 4) is 0 Å². The maximum atomic E-state index is 11.3. The second kappa shape index (κ2) is 4.92. The molecule has 0 radical (unpaired) electrons. The van der Waals surface area contributed by atoms with Gasteiger partial charge in [-0.3, -0.25) is 4.18 Å². The van der Waals surface area contributed by atoms with E-state index in [9.17, 15) is 13.5 Å². The molecular weight excluding hydrogens is 280 g/mol. The van der Waals surface area contributed by atoms with E-state index in [1.165, 1.54) is 0 Å². The molecule has 9 heteroatoms. The molecule has 0 aromatic carbocycles. The smallest absolute Gasteiger partial charge is 0.264 e. The van der Waals surface area contributed by atoms with E-state index in [0.717, 1.165) is 6.26 Å². The molecule has 2 heterocycles. The first-order chi connectivity index (χ1) is 8.63. The third kappa shape index (κ3) is 3.24. The van der Waals surface area contributed by atoms with Crippen molar-refractivity contribution in [3.05, 3.63) is 0 Å². The molecule has 19 heavy (non-hydrogen) atoms. The maximum absolute atomic E-state index is 11.3. The molecule has 0 amide bonds. The zero-order valence-corrected chi connectivity index (χ0v) is 11.7. The van der Waals surface area contributed by atoms with Crippen LogP contribution in [-0.2, 0) is 28.5 Å². The molecular formula is C10H18O8S. The summed E-state index contributed by atoms with van der Waals surface area (Å²) in [4.78, 5) is 0. The normalized spacial score (nSPS) is 39.2. The van der Waals surface area contributed by atoms with Gasteiger partial charge in [0, 0.05) is 0 Å². The molecule has 5 atom stereocenters. The SMILES string of the molecule is CC1(C)O[C@H]2O[C@@H]([C@H](O)CO)[C@H](OS(C)(=O)=O)[C@H]2O1. The summed E-state index contributed by atoms with van der Waals surface area (Å²) < 4.78 is 43.8. The minimum Gasteiger partial charge on any atom is -0.394 e. The molecule has 2 saturated heterocycles. The second-order valence-electron chi connectivity index (χ2n) is 5.08. The molecule has 0 unspecified atom stereocenters. The number of fused-ring (bicyclic) bond motifs is 1. The summed E-state index contributed by atoms with van der Waals surface area (Å²) in [5.41, 5.74) is 0. The largest absolute Gasteiger partial charge is 0.394 e. The lowest BCUT2D eigenvalue weighted by Crippen LogP contribution is -2.44. The predicted octanol–water partition coefficient (Wildman–Crippen LogP) is -1.44. The Morgan fingerprint density at radius 1 is 1.37 bits per heavy atom. The van der Waals surface area contributed by atoms with E-state index >= 15 is 0 Å². The highest BCUT2D eigenvalue weighted by Gasteiger charge is 2.58. The standard InChI is InChI=1S/C10H18O8S/c1-10(2)16-8-7(18-19(3,13)14)6(5(12)4-11)15-9(8)17-10/h5-9,11-12H,4H2,1-3H3/t5-,6+,7+,8-,9-/m1/s1. The first-order valence-corrected chi connectivity index (χ1v) is 7.63. The van der Waals surface area contributed by atoms with Gasteiger partial charge in [-0.25, -0.2) is 0 Å².